The van der Waals surface area contributed by atoms with Crippen molar-refractivity contribution in [2.75, 3.05) is 5.32 Å². The number of nitrogens with zero attached hydrogens (tertiary/aromatic N) is 1. The van der Waals surface area contributed by atoms with E-state index in [9.17, 15) is 14.4 Å². The van der Waals surface area contributed by atoms with Crippen LogP contribution < -0.4 is 16.0 Å². The number of carbonyl (C=O) groups excluding carboxylic acids is 3. The first-order chi connectivity index (χ1) is 9.45. The molecule has 1 aromatic heterocycles. The molecule has 7 heteroatoms. The monoisotopic (exact) mass is 276 g/mol. The van der Waals surface area contributed by atoms with Gasteiger partial charge in [0.1, 0.15) is 11.9 Å². The minimum absolute atomic E-state index is 0.120. The molecule has 7 nitrogen and oxygen atoms in total. The van der Waals surface area contributed by atoms with Gasteiger partial charge in [-0.1, -0.05) is 13.8 Å². The van der Waals surface area contributed by atoms with Crippen LogP contribution >= 0.6 is 0 Å². The SMILES string of the molecule is CC(C)c1ccnc(NC(=O)CC2NC(=O)NC2=O)c1. The zero-order valence-corrected chi connectivity index (χ0v) is 11.3. The number of rotatable bonds is 4. The van der Waals surface area contributed by atoms with E-state index in [-0.39, 0.29) is 12.3 Å². The van der Waals surface area contributed by atoms with Crippen molar-refractivity contribution >= 4 is 23.7 Å². The van der Waals surface area contributed by atoms with Crippen LogP contribution in [0.4, 0.5) is 10.6 Å². The number of aromatic nitrogens is 1. The Labute approximate surface area is 116 Å². The lowest BCUT2D eigenvalue weighted by atomic mass is 10.1. The molecule has 0 spiro atoms. The number of amides is 4. The summed E-state index contributed by atoms with van der Waals surface area (Å²) in [7, 11) is 0. The predicted molar refractivity (Wildman–Crippen MR) is 72.0 cm³/mol. The smallest absolute Gasteiger partial charge is 0.322 e. The molecule has 4 amide bonds. The summed E-state index contributed by atoms with van der Waals surface area (Å²) in [4.78, 5) is 38.1. The molecule has 0 aromatic carbocycles. The van der Waals surface area contributed by atoms with Crippen LogP contribution in [0.15, 0.2) is 18.3 Å². The largest absolute Gasteiger partial charge is 0.325 e. The van der Waals surface area contributed by atoms with Crippen molar-refractivity contribution in [2.45, 2.75) is 32.2 Å². The first-order valence-corrected chi connectivity index (χ1v) is 6.33. The van der Waals surface area contributed by atoms with Crippen LogP contribution in [0.25, 0.3) is 0 Å². The number of carbonyl (C=O) groups is 3. The summed E-state index contributed by atoms with van der Waals surface area (Å²) in [6.45, 7) is 4.08. The minimum atomic E-state index is -0.823. The van der Waals surface area contributed by atoms with Crippen molar-refractivity contribution in [1.29, 1.82) is 0 Å². The van der Waals surface area contributed by atoms with E-state index in [1.165, 1.54) is 0 Å². The lowest BCUT2D eigenvalue weighted by molar-refractivity contribution is -0.124. The predicted octanol–water partition coefficient (Wildman–Crippen LogP) is 0.742. The normalized spacial score (nSPS) is 17.9. The van der Waals surface area contributed by atoms with E-state index in [0.29, 0.717) is 11.7 Å². The van der Waals surface area contributed by atoms with Gasteiger partial charge in [0.2, 0.25) is 5.91 Å². The number of pyridine rings is 1. The molecule has 2 rings (SSSR count). The Bertz CT molecular complexity index is 556. The fourth-order valence-corrected chi connectivity index (χ4v) is 1.86. The fourth-order valence-electron chi connectivity index (χ4n) is 1.86. The van der Waals surface area contributed by atoms with Gasteiger partial charge < -0.3 is 10.6 Å². The molecule has 0 bridgehead atoms. The Morgan fingerprint density at radius 3 is 2.80 bits per heavy atom. The van der Waals surface area contributed by atoms with E-state index in [1.807, 2.05) is 19.9 Å². The molecule has 0 aliphatic carbocycles. The maximum absolute atomic E-state index is 11.8. The first-order valence-electron chi connectivity index (χ1n) is 6.33. The van der Waals surface area contributed by atoms with E-state index >= 15 is 0 Å². The Kier molecular flexibility index (Phi) is 3.97. The molecule has 1 aliphatic heterocycles. The molecule has 1 aromatic rings. The second kappa shape index (κ2) is 5.68. The van der Waals surface area contributed by atoms with Crippen LogP contribution in [0.5, 0.6) is 0 Å². The van der Waals surface area contributed by atoms with Crippen LogP contribution in [-0.2, 0) is 9.59 Å². The summed E-state index contributed by atoms with van der Waals surface area (Å²) in [6, 6.07) is 2.27. The van der Waals surface area contributed by atoms with E-state index < -0.39 is 18.0 Å². The van der Waals surface area contributed by atoms with Gasteiger partial charge in [0.05, 0.1) is 6.42 Å². The highest BCUT2D eigenvalue weighted by atomic mass is 16.2. The van der Waals surface area contributed by atoms with E-state index in [0.717, 1.165) is 5.56 Å². The van der Waals surface area contributed by atoms with Crippen LogP contribution in [-0.4, -0.2) is 28.9 Å². The van der Waals surface area contributed by atoms with E-state index in [1.54, 1.807) is 12.3 Å². The van der Waals surface area contributed by atoms with Crippen LogP contribution in [0.1, 0.15) is 31.7 Å². The van der Waals surface area contributed by atoms with Gasteiger partial charge in [-0.2, -0.15) is 0 Å². The van der Waals surface area contributed by atoms with Gasteiger partial charge in [-0.3, -0.25) is 14.9 Å². The second-order valence-corrected chi connectivity index (χ2v) is 4.90. The van der Waals surface area contributed by atoms with Gasteiger partial charge in [0, 0.05) is 6.20 Å². The molecule has 1 saturated heterocycles. The lowest BCUT2D eigenvalue weighted by Gasteiger charge is -2.10. The maximum Gasteiger partial charge on any atom is 0.322 e. The van der Waals surface area contributed by atoms with Crippen molar-refractivity contribution in [2.24, 2.45) is 0 Å². The molecule has 0 radical (unpaired) electrons. The summed E-state index contributed by atoms with van der Waals surface area (Å²) in [5.41, 5.74) is 1.06. The molecule has 3 N–H and O–H groups in total. The van der Waals surface area contributed by atoms with Crippen LogP contribution in [0.2, 0.25) is 0 Å². The lowest BCUT2D eigenvalue weighted by Crippen LogP contribution is -2.33. The number of urea groups is 1. The number of nitrogens with one attached hydrogen (secondary N) is 3. The summed E-state index contributed by atoms with van der Waals surface area (Å²) >= 11 is 0. The molecule has 2 heterocycles. The molecule has 20 heavy (non-hydrogen) atoms. The summed E-state index contributed by atoms with van der Waals surface area (Å²) in [5.74, 6) is -0.103. The van der Waals surface area contributed by atoms with Crippen LogP contribution in [0, 0.1) is 0 Å². The zero-order chi connectivity index (χ0) is 14.7. The van der Waals surface area contributed by atoms with Crippen LogP contribution in [0.3, 0.4) is 0 Å². The number of anilines is 1. The molecule has 106 valence electrons. The van der Waals surface area contributed by atoms with Crippen molar-refractivity contribution in [3.63, 3.8) is 0 Å². The second-order valence-electron chi connectivity index (χ2n) is 4.90. The number of hydrogen-bond donors (Lipinski definition) is 3. The van der Waals surface area contributed by atoms with Crippen molar-refractivity contribution < 1.29 is 14.4 Å². The quantitative estimate of drug-likeness (QED) is 0.706. The van der Waals surface area contributed by atoms with Crippen molar-refractivity contribution in [3.05, 3.63) is 23.9 Å². The molecule has 1 fully saturated rings. The standard InChI is InChI=1S/C13H16N4O3/c1-7(2)8-3-4-14-10(5-8)16-11(18)6-9-12(19)17-13(20)15-9/h3-5,7,9H,6H2,1-2H3,(H,14,16,18)(H2,15,17,19,20). The first kappa shape index (κ1) is 14.0. The third-order valence-electron chi connectivity index (χ3n) is 2.97. The minimum Gasteiger partial charge on any atom is -0.325 e. The molecular weight excluding hydrogens is 260 g/mol. The zero-order valence-electron chi connectivity index (χ0n) is 11.3. The maximum atomic E-state index is 11.8. The van der Waals surface area contributed by atoms with Gasteiger partial charge >= 0.3 is 6.03 Å². The highest BCUT2D eigenvalue weighted by molar-refractivity contribution is 6.06. The number of imide groups is 1. The Hall–Kier alpha value is -2.44. The molecule has 1 aliphatic rings. The third kappa shape index (κ3) is 3.31. The molecular formula is C13H16N4O3. The molecule has 0 saturated carbocycles. The number of hydrogen-bond acceptors (Lipinski definition) is 4. The van der Waals surface area contributed by atoms with Gasteiger partial charge in [-0.05, 0) is 23.6 Å². The molecule has 1 atom stereocenters. The fraction of sp³-hybridized carbons (Fsp3) is 0.385. The summed E-state index contributed by atoms with van der Waals surface area (Å²) < 4.78 is 0. The van der Waals surface area contributed by atoms with Crippen molar-refractivity contribution in [1.82, 2.24) is 15.6 Å². The summed E-state index contributed by atoms with van der Waals surface area (Å²) in [5, 5.41) is 7.06. The average molecular weight is 276 g/mol. The van der Waals surface area contributed by atoms with Crippen molar-refractivity contribution in [3.8, 4) is 0 Å². The highest BCUT2D eigenvalue weighted by Crippen LogP contribution is 2.16. The topological polar surface area (TPSA) is 100 Å². The Balaban J connectivity index is 1.96. The van der Waals surface area contributed by atoms with Gasteiger partial charge in [-0.15, -0.1) is 0 Å². The van der Waals surface area contributed by atoms with Gasteiger partial charge in [-0.25, -0.2) is 9.78 Å². The van der Waals surface area contributed by atoms with E-state index in [4.69, 9.17) is 0 Å². The Morgan fingerprint density at radius 2 is 2.20 bits per heavy atom. The van der Waals surface area contributed by atoms with E-state index in [2.05, 4.69) is 20.9 Å². The molecule has 1 unspecified atom stereocenters. The Morgan fingerprint density at radius 1 is 1.45 bits per heavy atom. The third-order valence-corrected chi connectivity index (χ3v) is 2.97. The van der Waals surface area contributed by atoms with Gasteiger partial charge in [0.15, 0.2) is 0 Å². The van der Waals surface area contributed by atoms with Gasteiger partial charge in [0.25, 0.3) is 5.91 Å². The highest BCUT2D eigenvalue weighted by Gasteiger charge is 2.31. The summed E-state index contributed by atoms with van der Waals surface area (Å²) in [6.07, 6.45) is 1.50. The average Bonchev–Trinajstić information content (AvgIpc) is 2.67.